The third-order valence-corrected chi connectivity index (χ3v) is 7.46. The molecule has 1 amide bonds. The fraction of sp³-hybridized carbons (Fsp3) is 0.103. The highest BCUT2D eigenvalue weighted by Crippen LogP contribution is 2.33. The molecule has 0 fully saturated rings. The molecule has 3 aromatic carbocycles. The molecule has 0 aliphatic heterocycles. The predicted molar refractivity (Wildman–Crippen MR) is 156 cm³/mol. The molecule has 1 N–H and O–H groups in total. The van der Waals surface area contributed by atoms with Crippen LogP contribution in [0, 0.1) is 0 Å². The summed E-state index contributed by atoms with van der Waals surface area (Å²) >= 11 is 13.4. The molecule has 0 aliphatic rings. The second-order valence-electron chi connectivity index (χ2n) is 8.70. The number of carbonyl (C=O) groups excluding carboxylic acids is 2. The number of fused-ring (bicyclic) bond motifs is 1. The van der Waals surface area contributed by atoms with Crippen LogP contribution in [0.15, 0.2) is 83.0 Å². The second kappa shape index (κ2) is 11.0. The van der Waals surface area contributed by atoms with E-state index in [1.165, 1.54) is 29.9 Å². The Hall–Kier alpha value is -3.98. The number of carbonyl (C=O) groups is 2. The zero-order chi connectivity index (χ0) is 27.7. The van der Waals surface area contributed by atoms with Crippen molar-refractivity contribution < 1.29 is 14.3 Å². The van der Waals surface area contributed by atoms with Crippen LogP contribution >= 0.6 is 34.5 Å². The molecule has 0 saturated heterocycles. The number of hydrogen-bond acceptors (Lipinski definition) is 6. The lowest BCUT2D eigenvalue weighted by molar-refractivity contribution is -0.123. The molecule has 5 rings (SSSR count). The zero-order valence-electron chi connectivity index (χ0n) is 20.8. The molecular weight excluding hydrogens is 557 g/mol. The van der Waals surface area contributed by atoms with Gasteiger partial charge in [-0.2, -0.15) is 0 Å². The monoisotopic (exact) mass is 577 g/mol. The molecule has 10 heteroatoms. The van der Waals surface area contributed by atoms with Gasteiger partial charge in [-0.3, -0.25) is 14.9 Å². The van der Waals surface area contributed by atoms with Crippen molar-refractivity contribution >= 4 is 62.3 Å². The van der Waals surface area contributed by atoms with E-state index in [1.807, 2.05) is 30.3 Å². The van der Waals surface area contributed by atoms with Crippen LogP contribution in [0.3, 0.4) is 0 Å². The third kappa shape index (κ3) is 5.31. The van der Waals surface area contributed by atoms with Crippen molar-refractivity contribution in [2.24, 2.45) is 7.05 Å². The summed E-state index contributed by atoms with van der Waals surface area (Å²) in [6.45, 7) is 1.46. The zero-order valence-corrected chi connectivity index (χ0v) is 23.1. The van der Waals surface area contributed by atoms with Crippen LogP contribution in [0.25, 0.3) is 33.2 Å². The van der Waals surface area contributed by atoms with Gasteiger partial charge in [-0.15, -0.1) is 11.3 Å². The Bertz CT molecular complexity index is 1780. The van der Waals surface area contributed by atoms with Gasteiger partial charge >= 0.3 is 5.97 Å². The van der Waals surface area contributed by atoms with Gasteiger partial charge in [0.05, 0.1) is 10.7 Å². The number of benzene rings is 3. The van der Waals surface area contributed by atoms with E-state index in [-0.39, 0.29) is 11.3 Å². The normalized spacial score (nSPS) is 11.8. The maximum absolute atomic E-state index is 13.5. The number of nitrogens with one attached hydrogen (secondary N) is 1. The largest absolute Gasteiger partial charge is 0.448 e. The van der Waals surface area contributed by atoms with Crippen molar-refractivity contribution in [3.05, 3.63) is 104 Å². The first-order valence-electron chi connectivity index (χ1n) is 11.8. The first kappa shape index (κ1) is 26.6. The van der Waals surface area contributed by atoms with E-state index < -0.39 is 18.0 Å². The first-order valence-corrected chi connectivity index (χ1v) is 13.5. The van der Waals surface area contributed by atoms with E-state index >= 15 is 0 Å². The minimum atomic E-state index is -1.17. The molecule has 1 atom stereocenters. The lowest BCUT2D eigenvalue weighted by Gasteiger charge is -2.18. The SMILES string of the molecule is CC(OC(=O)c1c(-c2ccccc2)c2ccccc2c(=O)n1C)C(=O)Nc1nc(-c2ccc(Cl)cc2Cl)cs1. The Morgan fingerprint density at radius 3 is 2.41 bits per heavy atom. The van der Waals surface area contributed by atoms with Crippen molar-refractivity contribution in [1.29, 1.82) is 0 Å². The predicted octanol–water partition coefficient (Wildman–Crippen LogP) is 6.82. The van der Waals surface area contributed by atoms with Crippen molar-refractivity contribution in [1.82, 2.24) is 9.55 Å². The number of esters is 1. The summed E-state index contributed by atoms with van der Waals surface area (Å²) in [7, 11) is 1.52. The highest BCUT2D eigenvalue weighted by Gasteiger charge is 2.26. The summed E-state index contributed by atoms with van der Waals surface area (Å²) in [5, 5.41) is 6.76. The number of halogens is 2. The number of ether oxygens (including phenoxy) is 1. The molecule has 0 bridgehead atoms. The third-order valence-electron chi connectivity index (χ3n) is 6.15. The van der Waals surface area contributed by atoms with Gasteiger partial charge < -0.3 is 9.30 Å². The number of hydrogen-bond donors (Lipinski definition) is 1. The van der Waals surface area contributed by atoms with E-state index in [9.17, 15) is 14.4 Å². The maximum atomic E-state index is 13.5. The van der Waals surface area contributed by atoms with Crippen molar-refractivity contribution in [3.8, 4) is 22.4 Å². The number of anilines is 1. The van der Waals surface area contributed by atoms with Crippen LogP contribution in [-0.4, -0.2) is 27.5 Å². The van der Waals surface area contributed by atoms with Gasteiger partial charge in [-0.05, 0) is 42.1 Å². The molecule has 0 aliphatic carbocycles. The number of aromatic nitrogens is 2. The molecule has 196 valence electrons. The number of thiazole rings is 1. The van der Waals surface area contributed by atoms with Crippen LogP contribution in [0.4, 0.5) is 5.13 Å². The molecule has 5 aromatic rings. The molecule has 2 aromatic heterocycles. The summed E-state index contributed by atoms with van der Waals surface area (Å²) in [6.07, 6.45) is -1.17. The highest BCUT2D eigenvalue weighted by atomic mass is 35.5. The quantitative estimate of drug-likeness (QED) is 0.223. The molecule has 7 nitrogen and oxygen atoms in total. The Balaban J connectivity index is 1.41. The number of rotatable bonds is 6. The molecule has 39 heavy (non-hydrogen) atoms. The summed E-state index contributed by atoms with van der Waals surface area (Å²) < 4.78 is 6.84. The molecule has 0 spiro atoms. The summed E-state index contributed by atoms with van der Waals surface area (Å²) in [5.41, 5.74) is 2.24. The van der Waals surface area contributed by atoms with Gasteiger partial charge in [0.15, 0.2) is 11.2 Å². The fourth-order valence-corrected chi connectivity index (χ4v) is 5.45. The number of nitrogens with zero attached hydrogens (tertiary/aromatic N) is 2. The van der Waals surface area contributed by atoms with E-state index in [4.69, 9.17) is 27.9 Å². The van der Waals surface area contributed by atoms with Crippen molar-refractivity contribution in [3.63, 3.8) is 0 Å². The summed E-state index contributed by atoms with van der Waals surface area (Å²) in [4.78, 5) is 43.9. The highest BCUT2D eigenvalue weighted by molar-refractivity contribution is 7.14. The van der Waals surface area contributed by atoms with Crippen LogP contribution < -0.4 is 10.9 Å². The molecule has 0 radical (unpaired) electrons. The maximum Gasteiger partial charge on any atom is 0.356 e. The second-order valence-corrected chi connectivity index (χ2v) is 10.4. The lowest BCUT2D eigenvalue weighted by Crippen LogP contribution is -2.32. The summed E-state index contributed by atoms with van der Waals surface area (Å²) in [6, 6.07) is 21.4. The minimum absolute atomic E-state index is 0.0541. The van der Waals surface area contributed by atoms with E-state index in [0.717, 1.165) is 5.56 Å². The van der Waals surface area contributed by atoms with Crippen molar-refractivity contribution in [2.75, 3.05) is 5.32 Å². The number of pyridine rings is 1. The Labute approximate surface area is 237 Å². The Morgan fingerprint density at radius 1 is 1.00 bits per heavy atom. The number of amides is 1. The smallest absolute Gasteiger partial charge is 0.356 e. The van der Waals surface area contributed by atoms with Gasteiger partial charge in [0.1, 0.15) is 5.69 Å². The van der Waals surface area contributed by atoms with Gasteiger partial charge in [-0.1, -0.05) is 71.7 Å². The van der Waals surface area contributed by atoms with Gasteiger partial charge in [-0.25, -0.2) is 9.78 Å². The van der Waals surface area contributed by atoms with E-state index in [0.29, 0.717) is 42.8 Å². The molecule has 0 saturated carbocycles. The fourth-order valence-electron chi connectivity index (χ4n) is 4.23. The summed E-state index contributed by atoms with van der Waals surface area (Å²) in [5.74, 6) is -1.37. The average molecular weight is 578 g/mol. The van der Waals surface area contributed by atoms with Crippen LogP contribution in [0.1, 0.15) is 17.4 Å². The standard InChI is InChI=1S/C29H21Cl2N3O4S/c1-16(26(35)33-29-32-23(15-39-29)21-13-12-18(30)14-22(21)31)38-28(37)25-24(17-8-4-3-5-9-17)19-10-6-7-11-20(19)27(36)34(25)2/h3-16H,1-2H3,(H,32,33,35). The molecule has 1 unspecified atom stereocenters. The van der Waals surface area contributed by atoms with Crippen LogP contribution in [-0.2, 0) is 16.6 Å². The van der Waals surface area contributed by atoms with Crippen LogP contribution in [0.5, 0.6) is 0 Å². The van der Waals surface area contributed by atoms with Crippen LogP contribution in [0.2, 0.25) is 10.0 Å². The topological polar surface area (TPSA) is 90.3 Å². The van der Waals surface area contributed by atoms with Gasteiger partial charge in [0.2, 0.25) is 0 Å². The van der Waals surface area contributed by atoms with E-state index in [2.05, 4.69) is 10.3 Å². The van der Waals surface area contributed by atoms with Gasteiger partial charge in [0, 0.05) is 34.0 Å². The first-order chi connectivity index (χ1) is 18.7. The molecular formula is C29H21Cl2N3O4S. The van der Waals surface area contributed by atoms with Gasteiger partial charge in [0.25, 0.3) is 11.5 Å². The average Bonchev–Trinajstić information content (AvgIpc) is 3.38. The Kier molecular flexibility index (Phi) is 7.52. The Morgan fingerprint density at radius 2 is 1.69 bits per heavy atom. The lowest BCUT2D eigenvalue weighted by atomic mass is 9.97. The van der Waals surface area contributed by atoms with E-state index in [1.54, 1.807) is 47.8 Å². The minimum Gasteiger partial charge on any atom is -0.448 e. The molecule has 2 heterocycles. The van der Waals surface area contributed by atoms with Crippen molar-refractivity contribution in [2.45, 2.75) is 13.0 Å².